The van der Waals surface area contributed by atoms with Crippen molar-refractivity contribution in [1.29, 1.82) is 0 Å². The lowest BCUT2D eigenvalue weighted by Crippen LogP contribution is -2.44. The molecule has 0 spiro atoms. The first-order valence-electron chi connectivity index (χ1n) is 12.6. The van der Waals surface area contributed by atoms with Gasteiger partial charge >= 0.3 is 0 Å². The molecule has 1 saturated heterocycles. The third-order valence-electron chi connectivity index (χ3n) is 6.64. The van der Waals surface area contributed by atoms with E-state index in [0.717, 1.165) is 20.8 Å². The molecule has 0 amide bonds. The largest absolute Gasteiger partial charge is 0.394 e. The Bertz CT molecular complexity index is 1580. The lowest BCUT2D eigenvalue weighted by Gasteiger charge is -2.32. The Balaban J connectivity index is 1.28. The predicted octanol–water partition coefficient (Wildman–Crippen LogP) is 1.95. The molecule has 1 aliphatic heterocycles. The van der Waals surface area contributed by atoms with Crippen molar-refractivity contribution in [2.75, 3.05) is 36.5 Å². The van der Waals surface area contributed by atoms with E-state index >= 15 is 0 Å². The molecule has 14 heteroatoms. The number of fused-ring (bicyclic) bond motifs is 1. The number of rotatable bonds is 8. The van der Waals surface area contributed by atoms with Gasteiger partial charge in [-0.25, -0.2) is 23.4 Å². The highest BCUT2D eigenvalue weighted by molar-refractivity contribution is 7.90. The van der Waals surface area contributed by atoms with Crippen LogP contribution in [0.15, 0.2) is 36.9 Å². The lowest BCUT2D eigenvalue weighted by atomic mass is 10.2. The second-order valence-electron chi connectivity index (χ2n) is 9.81. The molecular weight excluding hydrogens is 510 g/mol. The summed E-state index contributed by atoms with van der Waals surface area (Å²) in [6, 6.07) is 3.76. The van der Waals surface area contributed by atoms with Gasteiger partial charge in [0.05, 0.1) is 53.4 Å². The van der Waals surface area contributed by atoms with E-state index in [1.807, 2.05) is 10.7 Å². The van der Waals surface area contributed by atoms with Crippen molar-refractivity contribution in [3.63, 3.8) is 0 Å². The third kappa shape index (κ3) is 4.59. The summed E-state index contributed by atoms with van der Waals surface area (Å²) in [5.74, 6) is 2.26. The van der Waals surface area contributed by atoms with Crippen molar-refractivity contribution in [2.45, 2.75) is 44.1 Å². The van der Waals surface area contributed by atoms with Crippen LogP contribution in [0.25, 0.3) is 22.3 Å². The summed E-state index contributed by atoms with van der Waals surface area (Å²) in [5, 5.41) is 22.2. The van der Waals surface area contributed by atoms with E-state index in [1.54, 1.807) is 18.5 Å². The molecular formula is C24H29N9O4S. The number of morpholine rings is 1. The molecule has 0 aromatic carbocycles. The molecule has 13 nitrogen and oxygen atoms in total. The van der Waals surface area contributed by atoms with Gasteiger partial charge in [-0.3, -0.25) is 4.68 Å². The van der Waals surface area contributed by atoms with Crippen LogP contribution in [0.5, 0.6) is 0 Å². The third-order valence-corrected chi connectivity index (χ3v) is 8.67. The predicted molar refractivity (Wildman–Crippen MR) is 141 cm³/mol. The highest BCUT2D eigenvalue weighted by Crippen LogP contribution is 2.32. The molecule has 1 atom stereocenters. The maximum Gasteiger partial charge on any atom is 0.256 e. The topological polar surface area (TPSA) is 153 Å². The maximum atomic E-state index is 12.5. The van der Waals surface area contributed by atoms with Crippen molar-refractivity contribution >= 4 is 38.4 Å². The van der Waals surface area contributed by atoms with Crippen LogP contribution in [0.2, 0.25) is 0 Å². The molecule has 2 fully saturated rings. The molecule has 2 aliphatic rings. The molecule has 200 valence electrons. The number of aliphatic hydroxyl groups is 1. The minimum Gasteiger partial charge on any atom is -0.394 e. The van der Waals surface area contributed by atoms with E-state index in [1.165, 1.54) is 12.4 Å². The van der Waals surface area contributed by atoms with Crippen LogP contribution in [-0.4, -0.2) is 85.1 Å². The first kappa shape index (κ1) is 24.7. The molecule has 1 saturated carbocycles. The second-order valence-corrected chi connectivity index (χ2v) is 11.9. The monoisotopic (exact) mass is 539 g/mol. The van der Waals surface area contributed by atoms with Gasteiger partial charge in [0.1, 0.15) is 11.6 Å². The van der Waals surface area contributed by atoms with Gasteiger partial charge in [-0.2, -0.15) is 14.3 Å². The lowest BCUT2D eigenvalue weighted by molar-refractivity contribution is 0.00339. The molecule has 0 radical (unpaired) electrons. The quantitative estimate of drug-likeness (QED) is 0.338. The SMILES string of the molecule is CC(C)n1nc(N2CCOC(CO)C2)c2cnc(Nc3ccnc(-c4cnn(S(=O)(=O)C5CC5)c4)n3)cc21. The number of hydrogen-bond acceptors (Lipinski definition) is 11. The van der Waals surface area contributed by atoms with Gasteiger partial charge < -0.3 is 20.1 Å². The summed E-state index contributed by atoms with van der Waals surface area (Å²) in [5.41, 5.74) is 1.43. The minimum absolute atomic E-state index is 0.0380. The molecule has 4 aromatic rings. The van der Waals surface area contributed by atoms with E-state index in [0.29, 0.717) is 55.6 Å². The fourth-order valence-electron chi connectivity index (χ4n) is 4.51. The molecule has 2 N–H and O–H groups in total. The van der Waals surface area contributed by atoms with Gasteiger partial charge in [0.15, 0.2) is 11.6 Å². The Morgan fingerprint density at radius 2 is 2.05 bits per heavy atom. The average molecular weight is 540 g/mol. The Labute approximate surface area is 219 Å². The minimum atomic E-state index is -3.46. The summed E-state index contributed by atoms with van der Waals surface area (Å²) < 4.78 is 33.5. The second kappa shape index (κ2) is 9.60. The Kier molecular flexibility index (Phi) is 6.24. The van der Waals surface area contributed by atoms with Crippen LogP contribution in [0.3, 0.4) is 0 Å². The first-order valence-corrected chi connectivity index (χ1v) is 14.1. The standard InChI is InChI=1S/C24H29N9O4S/c1-15(2)33-20-9-22(26-11-19(20)24(30-33)31-7-8-37-17(13-31)14-34)28-21-5-6-25-23(29-21)16-10-27-32(12-16)38(35,36)18-3-4-18/h5-6,9-12,15,17-18,34H,3-4,7-8,13-14H2,1-2H3,(H,25,26,28,29). The molecule has 38 heavy (non-hydrogen) atoms. The highest BCUT2D eigenvalue weighted by Gasteiger charge is 2.37. The van der Waals surface area contributed by atoms with Gasteiger partial charge in [0, 0.05) is 37.6 Å². The summed E-state index contributed by atoms with van der Waals surface area (Å²) in [6.45, 7) is 5.87. The van der Waals surface area contributed by atoms with Crippen LogP contribution in [0, 0.1) is 0 Å². The zero-order valence-corrected chi connectivity index (χ0v) is 21.9. The van der Waals surface area contributed by atoms with Crippen molar-refractivity contribution < 1.29 is 18.3 Å². The zero-order valence-electron chi connectivity index (χ0n) is 21.1. The molecule has 5 heterocycles. The van der Waals surface area contributed by atoms with E-state index in [-0.39, 0.29) is 24.0 Å². The van der Waals surface area contributed by atoms with Gasteiger partial charge in [0.2, 0.25) is 0 Å². The van der Waals surface area contributed by atoms with Crippen molar-refractivity contribution in [3.05, 3.63) is 36.9 Å². The van der Waals surface area contributed by atoms with E-state index in [9.17, 15) is 13.5 Å². The number of nitrogens with zero attached hydrogens (tertiary/aromatic N) is 8. The highest BCUT2D eigenvalue weighted by atomic mass is 32.2. The number of hydrogen-bond donors (Lipinski definition) is 2. The summed E-state index contributed by atoms with van der Waals surface area (Å²) >= 11 is 0. The molecule has 6 rings (SSSR count). The van der Waals surface area contributed by atoms with Crippen molar-refractivity contribution in [1.82, 2.24) is 33.9 Å². The number of nitrogens with one attached hydrogen (secondary N) is 1. The fourth-order valence-corrected chi connectivity index (χ4v) is 5.99. The summed E-state index contributed by atoms with van der Waals surface area (Å²) in [4.78, 5) is 15.6. The molecule has 1 unspecified atom stereocenters. The van der Waals surface area contributed by atoms with Crippen LogP contribution < -0.4 is 10.2 Å². The summed E-state index contributed by atoms with van der Waals surface area (Å²) in [6.07, 6.45) is 7.38. The van der Waals surface area contributed by atoms with Crippen molar-refractivity contribution in [3.8, 4) is 11.4 Å². The Morgan fingerprint density at radius 3 is 2.82 bits per heavy atom. The number of ether oxygens (including phenoxy) is 1. The van der Waals surface area contributed by atoms with Gasteiger partial charge in [-0.15, -0.1) is 0 Å². The average Bonchev–Trinajstić information content (AvgIpc) is 3.54. The summed E-state index contributed by atoms with van der Waals surface area (Å²) in [7, 11) is -3.46. The fraction of sp³-hybridized carbons (Fsp3) is 0.458. The van der Waals surface area contributed by atoms with Crippen LogP contribution in [-0.2, 0) is 14.8 Å². The van der Waals surface area contributed by atoms with E-state index in [4.69, 9.17) is 9.84 Å². The van der Waals surface area contributed by atoms with Crippen LogP contribution >= 0.6 is 0 Å². The number of aliphatic hydroxyl groups excluding tert-OH is 1. The Morgan fingerprint density at radius 1 is 1.21 bits per heavy atom. The molecule has 4 aromatic heterocycles. The Hall–Kier alpha value is -3.62. The van der Waals surface area contributed by atoms with E-state index < -0.39 is 10.0 Å². The number of aromatic nitrogens is 7. The van der Waals surface area contributed by atoms with Crippen LogP contribution in [0.4, 0.5) is 17.5 Å². The van der Waals surface area contributed by atoms with Gasteiger partial charge in [-0.05, 0) is 32.8 Å². The normalized spacial score (nSPS) is 18.4. The molecule has 0 bridgehead atoms. The number of pyridine rings is 1. The van der Waals surface area contributed by atoms with Gasteiger partial charge in [0.25, 0.3) is 10.0 Å². The van der Waals surface area contributed by atoms with Crippen molar-refractivity contribution in [2.24, 2.45) is 0 Å². The first-order chi connectivity index (χ1) is 18.3. The smallest absolute Gasteiger partial charge is 0.256 e. The van der Waals surface area contributed by atoms with E-state index in [2.05, 4.69) is 44.1 Å². The number of anilines is 3. The molecule has 1 aliphatic carbocycles. The van der Waals surface area contributed by atoms with Crippen LogP contribution in [0.1, 0.15) is 32.7 Å². The zero-order chi connectivity index (χ0) is 26.4. The van der Waals surface area contributed by atoms with Gasteiger partial charge in [-0.1, -0.05) is 0 Å². The maximum absolute atomic E-state index is 12.5.